The predicted molar refractivity (Wildman–Crippen MR) is 72.5 cm³/mol. The van der Waals surface area contributed by atoms with Crippen LogP contribution >= 0.6 is 0 Å². The van der Waals surface area contributed by atoms with Crippen molar-refractivity contribution in [3.05, 3.63) is 35.9 Å². The van der Waals surface area contributed by atoms with Crippen molar-refractivity contribution in [2.45, 2.75) is 19.5 Å². The summed E-state index contributed by atoms with van der Waals surface area (Å²) in [5.41, 5.74) is 1.15. The lowest BCUT2D eigenvalue weighted by Gasteiger charge is -2.26. The smallest absolute Gasteiger partial charge is 0.324 e. The Labute approximate surface area is 113 Å². The van der Waals surface area contributed by atoms with Gasteiger partial charge < -0.3 is 5.32 Å². The zero-order valence-electron chi connectivity index (χ0n) is 11.3. The topological polar surface area (TPSA) is 52.7 Å². The summed E-state index contributed by atoms with van der Waals surface area (Å²) in [6, 6.07) is 9.36. The molecule has 1 saturated heterocycles. The van der Waals surface area contributed by atoms with Crippen LogP contribution in [-0.4, -0.2) is 47.9 Å². The van der Waals surface area contributed by atoms with Crippen molar-refractivity contribution >= 4 is 11.9 Å². The van der Waals surface area contributed by atoms with Gasteiger partial charge in [0.05, 0.1) is 6.04 Å². The van der Waals surface area contributed by atoms with E-state index in [4.69, 9.17) is 0 Å². The lowest BCUT2D eigenvalue weighted by molar-refractivity contribution is -0.132. The molecule has 5 nitrogen and oxygen atoms in total. The van der Waals surface area contributed by atoms with E-state index in [0.29, 0.717) is 19.6 Å². The van der Waals surface area contributed by atoms with Gasteiger partial charge in [-0.2, -0.15) is 0 Å². The third-order valence-corrected chi connectivity index (χ3v) is 3.42. The molecule has 0 aliphatic carbocycles. The molecule has 1 aliphatic rings. The summed E-state index contributed by atoms with van der Waals surface area (Å²) in [5, 5.41) is 2.64. The second-order valence-corrected chi connectivity index (χ2v) is 4.80. The Hall–Kier alpha value is -1.88. The molecule has 0 unspecified atom stereocenters. The third-order valence-electron chi connectivity index (χ3n) is 3.42. The number of amides is 3. The zero-order valence-corrected chi connectivity index (χ0v) is 11.3. The van der Waals surface area contributed by atoms with Crippen LogP contribution in [0.4, 0.5) is 4.79 Å². The van der Waals surface area contributed by atoms with Crippen molar-refractivity contribution < 1.29 is 9.59 Å². The number of imide groups is 1. The van der Waals surface area contributed by atoms with Gasteiger partial charge in [0.15, 0.2) is 0 Å². The molecule has 3 amide bonds. The highest BCUT2D eigenvalue weighted by atomic mass is 16.2. The molecule has 19 heavy (non-hydrogen) atoms. The van der Waals surface area contributed by atoms with Crippen LogP contribution in [0.2, 0.25) is 0 Å². The first-order valence-corrected chi connectivity index (χ1v) is 6.43. The van der Waals surface area contributed by atoms with Crippen LogP contribution in [0.15, 0.2) is 30.3 Å². The summed E-state index contributed by atoms with van der Waals surface area (Å²) in [6.45, 7) is 3.51. The Morgan fingerprint density at radius 3 is 2.68 bits per heavy atom. The van der Waals surface area contributed by atoms with Crippen molar-refractivity contribution in [1.82, 2.24) is 15.1 Å². The van der Waals surface area contributed by atoms with E-state index in [1.807, 2.05) is 49.2 Å². The van der Waals surface area contributed by atoms with Crippen molar-refractivity contribution in [2.75, 3.05) is 20.1 Å². The Morgan fingerprint density at radius 2 is 2.11 bits per heavy atom. The van der Waals surface area contributed by atoms with Crippen molar-refractivity contribution in [1.29, 1.82) is 0 Å². The number of hydrogen-bond acceptors (Lipinski definition) is 3. The molecule has 102 valence electrons. The predicted octanol–water partition coefficient (Wildman–Crippen LogP) is 1.06. The van der Waals surface area contributed by atoms with E-state index in [1.54, 1.807) is 0 Å². The molecule has 0 saturated carbocycles. The van der Waals surface area contributed by atoms with E-state index in [9.17, 15) is 9.59 Å². The average Bonchev–Trinajstić information content (AvgIpc) is 2.84. The summed E-state index contributed by atoms with van der Waals surface area (Å²) in [6.07, 6.45) is 0. The van der Waals surface area contributed by atoms with E-state index >= 15 is 0 Å². The van der Waals surface area contributed by atoms with Gasteiger partial charge in [-0.15, -0.1) is 0 Å². The van der Waals surface area contributed by atoms with E-state index in [1.165, 1.54) is 4.90 Å². The molecule has 0 spiro atoms. The lowest BCUT2D eigenvalue weighted by atomic mass is 10.2. The van der Waals surface area contributed by atoms with Gasteiger partial charge in [0.1, 0.15) is 0 Å². The molecule has 0 bridgehead atoms. The number of carbonyl (C=O) groups is 2. The normalized spacial score (nSPS) is 16.6. The molecule has 0 radical (unpaired) electrons. The van der Waals surface area contributed by atoms with Crippen LogP contribution in [0.1, 0.15) is 12.5 Å². The van der Waals surface area contributed by atoms with Gasteiger partial charge in [0, 0.05) is 19.6 Å². The molecule has 1 fully saturated rings. The molecule has 2 rings (SSSR count). The first-order valence-electron chi connectivity index (χ1n) is 6.43. The number of likely N-dealkylation sites (N-methyl/N-ethyl adjacent to an activating group) is 1. The molecular formula is C14H19N3O2. The minimum absolute atomic E-state index is 0.145. The zero-order chi connectivity index (χ0) is 13.8. The summed E-state index contributed by atoms with van der Waals surface area (Å²) in [5.74, 6) is -0.145. The van der Waals surface area contributed by atoms with Crippen LogP contribution in [0.25, 0.3) is 0 Å². The van der Waals surface area contributed by atoms with Gasteiger partial charge >= 0.3 is 6.03 Å². The van der Waals surface area contributed by atoms with Crippen LogP contribution in [0, 0.1) is 0 Å². The van der Waals surface area contributed by atoms with Crippen LogP contribution in [0.5, 0.6) is 0 Å². The Kier molecular flexibility index (Phi) is 4.16. The quantitative estimate of drug-likeness (QED) is 0.881. The number of rotatable bonds is 4. The summed E-state index contributed by atoms with van der Waals surface area (Å²) < 4.78 is 0. The third kappa shape index (κ3) is 3.12. The van der Waals surface area contributed by atoms with E-state index < -0.39 is 0 Å². The number of nitrogens with zero attached hydrogens (tertiary/aromatic N) is 2. The second kappa shape index (κ2) is 5.84. The minimum Gasteiger partial charge on any atom is -0.336 e. The highest BCUT2D eigenvalue weighted by molar-refractivity contribution is 5.98. The van der Waals surface area contributed by atoms with Crippen molar-refractivity contribution in [3.63, 3.8) is 0 Å². The SMILES string of the molecule is C[C@@H](C(=O)N1CCNC1=O)N(C)Cc1ccccc1. The van der Waals surface area contributed by atoms with Gasteiger partial charge in [-0.1, -0.05) is 30.3 Å². The van der Waals surface area contributed by atoms with Crippen LogP contribution in [-0.2, 0) is 11.3 Å². The average molecular weight is 261 g/mol. The first kappa shape index (κ1) is 13.5. The maximum absolute atomic E-state index is 12.2. The fourth-order valence-electron chi connectivity index (χ4n) is 2.10. The molecular weight excluding hydrogens is 242 g/mol. The number of urea groups is 1. The highest BCUT2D eigenvalue weighted by Crippen LogP contribution is 2.09. The first-order chi connectivity index (χ1) is 9.09. The molecule has 1 aromatic carbocycles. The molecule has 1 heterocycles. The second-order valence-electron chi connectivity index (χ2n) is 4.80. The van der Waals surface area contributed by atoms with Gasteiger partial charge in [-0.25, -0.2) is 4.79 Å². The number of nitrogens with one attached hydrogen (secondary N) is 1. The Balaban J connectivity index is 1.97. The molecule has 1 aliphatic heterocycles. The summed E-state index contributed by atoms with van der Waals surface area (Å²) >= 11 is 0. The van der Waals surface area contributed by atoms with Gasteiger partial charge in [-0.05, 0) is 19.5 Å². The lowest BCUT2D eigenvalue weighted by Crippen LogP contribution is -2.46. The van der Waals surface area contributed by atoms with Gasteiger partial charge in [0.2, 0.25) is 5.91 Å². The van der Waals surface area contributed by atoms with Crippen LogP contribution < -0.4 is 5.32 Å². The van der Waals surface area contributed by atoms with Crippen molar-refractivity contribution in [3.8, 4) is 0 Å². The Morgan fingerprint density at radius 1 is 1.42 bits per heavy atom. The van der Waals surface area contributed by atoms with E-state index in [-0.39, 0.29) is 18.0 Å². The maximum Gasteiger partial charge on any atom is 0.324 e. The standard InChI is InChI=1S/C14H19N3O2/c1-11(13(18)17-9-8-15-14(17)19)16(2)10-12-6-4-3-5-7-12/h3-7,11H,8-10H2,1-2H3,(H,15,19)/t11-/m0/s1. The van der Waals surface area contributed by atoms with Gasteiger partial charge in [-0.3, -0.25) is 14.6 Å². The fourth-order valence-corrected chi connectivity index (χ4v) is 2.10. The maximum atomic E-state index is 12.2. The fraction of sp³-hybridized carbons (Fsp3) is 0.429. The summed E-state index contributed by atoms with van der Waals surface area (Å²) in [7, 11) is 1.89. The number of benzene rings is 1. The molecule has 5 heteroatoms. The van der Waals surface area contributed by atoms with E-state index in [0.717, 1.165) is 5.56 Å². The van der Waals surface area contributed by atoms with Gasteiger partial charge in [0.25, 0.3) is 0 Å². The number of carbonyl (C=O) groups excluding carboxylic acids is 2. The highest BCUT2D eigenvalue weighted by Gasteiger charge is 2.31. The summed E-state index contributed by atoms with van der Waals surface area (Å²) in [4.78, 5) is 26.9. The molecule has 1 atom stereocenters. The minimum atomic E-state index is -0.316. The Bertz CT molecular complexity index is 461. The molecule has 0 aromatic heterocycles. The monoisotopic (exact) mass is 261 g/mol. The molecule has 1 aromatic rings. The van der Waals surface area contributed by atoms with E-state index in [2.05, 4.69) is 5.32 Å². The number of hydrogen-bond donors (Lipinski definition) is 1. The molecule has 1 N–H and O–H groups in total. The largest absolute Gasteiger partial charge is 0.336 e. The van der Waals surface area contributed by atoms with Crippen molar-refractivity contribution in [2.24, 2.45) is 0 Å². The van der Waals surface area contributed by atoms with Crippen LogP contribution in [0.3, 0.4) is 0 Å².